The maximum Gasteiger partial charge on any atom is 0.0165 e. The summed E-state index contributed by atoms with van der Waals surface area (Å²) in [7, 11) is 0. The van der Waals surface area contributed by atoms with Gasteiger partial charge in [0.1, 0.15) is 0 Å². The van der Waals surface area contributed by atoms with E-state index in [4.69, 9.17) is 5.73 Å². The van der Waals surface area contributed by atoms with Gasteiger partial charge in [0.05, 0.1) is 0 Å². The molecule has 0 unspecified atom stereocenters. The van der Waals surface area contributed by atoms with Crippen molar-refractivity contribution in [3.05, 3.63) is 11.6 Å². The molecule has 1 aliphatic heterocycles. The van der Waals surface area contributed by atoms with Crippen molar-refractivity contribution in [2.75, 3.05) is 19.6 Å². The molecule has 1 saturated heterocycles. The summed E-state index contributed by atoms with van der Waals surface area (Å²) in [5.41, 5.74) is 7.22. The van der Waals surface area contributed by atoms with Crippen LogP contribution in [0.4, 0.5) is 0 Å². The number of hydrogen-bond acceptors (Lipinski definition) is 2. The van der Waals surface area contributed by atoms with Crippen molar-refractivity contribution in [3.63, 3.8) is 0 Å². The molecule has 0 bridgehead atoms. The van der Waals surface area contributed by atoms with Gasteiger partial charge >= 0.3 is 0 Å². The van der Waals surface area contributed by atoms with Crippen LogP contribution in [0.5, 0.6) is 0 Å². The second-order valence-electron chi connectivity index (χ2n) is 3.92. The predicted molar refractivity (Wildman–Crippen MR) is 53.1 cm³/mol. The molecule has 1 fully saturated rings. The van der Waals surface area contributed by atoms with Crippen LogP contribution in [0.1, 0.15) is 26.7 Å². The quantitative estimate of drug-likeness (QED) is 0.631. The summed E-state index contributed by atoms with van der Waals surface area (Å²) in [6.07, 6.45) is 4.62. The summed E-state index contributed by atoms with van der Waals surface area (Å²) in [4.78, 5) is 2.47. The molecule has 0 aromatic heterocycles. The Kier molecular flexibility index (Phi) is 3.76. The number of piperidine rings is 1. The highest BCUT2D eigenvalue weighted by atomic mass is 15.1. The predicted octanol–water partition coefficient (Wildman–Crippen LogP) is 1.38. The molecule has 2 nitrogen and oxygen atoms in total. The van der Waals surface area contributed by atoms with Crippen LogP contribution in [0.2, 0.25) is 0 Å². The summed E-state index contributed by atoms with van der Waals surface area (Å²) in [5.74, 6) is 0. The fraction of sp³-hybridized carbons (Fsp3) is 0.800. The fourth-order valence-electron chi connectivity index (χ4n) is 1.45. The molecule has 0 saturated carbocycles. The zero-order valence-electron chi connectivity index (χ0n) is 8.21. The summed E-state index contributed by atoms with van der Waals surface area (Å²) in [6.45, 7) is 7.75. The number of nitrogens with two attached hydrogens (primary N) is 1. The van der Waals surface area contributed by atoms with Crippen LogP contribution in [0.3, 0.4) is 0 Å². The van der Waals surface area contributed by atoms with Crippen LogP contribution in [-0.4, -0.2) is 30.6 Å². The third-order valence-corrected chi connectivity index (χ3v) is 2.39. The molecule has 1 rings (SSSR count). The Morgan fingerprint density at radius 3 is 2.50 bits per heavy atom. The van der Waals surface area contributed by atoms with Crippen LogP contribution in [0.25, 0.3) is 0 Å². The summed E-state index contributed by atoms with van der Waals surface area (Å²) in [6, 6.07) is 0.452. The van der Waals surface area contributed by atoms with Gasteiger partial charge in [0.15, 0.2) is 0 Å². The smallest absolute Gasteiger partial charge is 0.0165 e. The van der Waals surface area contributed by atoms with E-state index in [0.29, 0.717) is 6.04 Å². The molecular formula is C10H20N2. The standard InChI is InChI=1S/C10H20N2/c1-9(2)3-6-12-7-4-10(11)5-8-12/h3,10H,4-8,11H2,1-2H3. The van der Waals surface area contributed by atoms with E-state index >= 15 is 0 Å². The molecule has 0 amide bonds. The van der Waals surface area contributed by atoms with Gasteiger partial charge in [-0.2, -0.15) is 0 Å². The molecule has 0 atom stereocenters. The van der Waals surface area contributed by atoms with E-state index in [9.17, 15) is 0 Å². The maximum atomic E-state index is 5.81. The first-order valence-electron chi connectivity index (χ1n) is 4.80. The third kappa shape index (κ3) is 3.37. The van der Waals surface area contributed by atoms with Crippen molar-refractivity contribution in [1.29, 1.82) is 0 Å². The monoisotopic (exact) mass is 168 g/mol. The van der Waals surface area contributed by atoms with Crippen molar-refractivity contribution < 1.29 is 0 Å². The lowest BCUT2D eigenvalue weighted by molar-refractivity contribution is 0.233. The Bertz CT molecular complexity index is 151. The largest absolute Gasteiger partial charge is 0.328 e. The highest BCUT2D eigenvalue weighted by Crippen LogP contribution is 2.07. The van der Waals surface area contributed by atoms with Gasteiger partial charge in [-0.3, -0.25) is 4.90 Å². The molecule has 2 heteroatoms. The van der Waals surface area contributed by atoms with Gasteiger partial charge in [0, 0.05) is 12.6 Å². The lowest BCUT2D eigenvalue weighted by atomic mass is 10.1. The van der Waals surface area contributed by atoms with Gasteiger partial charge < -0.3 is 5.73 Å². The lowest BCUT2D eigenvalue weighted by Gasteiger charge is -2.29. The molecule has 0 aromatic carbocycles. The first-order valence-corrected chi connectivity index (χ1v) is 4.80. The van der Waals surface area contributed by atoms with Crippen molar-refractivity contribution in [2.24, 2.45) is 5.73 Å². The zero-order valence-corrected chi connectivity index (χ0v) is 8.21. The van der Waals surface area contributed by atoms with Gasteiger partial charge in [-0.05, 0) is 39.8 Å². The van der Waals surface area contributed by atoms with Gasteiger partial charge in [-0.1, -0.05) is 11.6 Å². The second kappa shape index (κ2) is 4.63. The van der Waals surface area contributed by atoms with Gasteiger partial charge in [-0.25, -0.2) is 0 Å². The number of allylic oxidation sites excluding steroid dienone is 1. The normalized spacial score (nSPS) is 20.9. The highest BCUT2D eigenvalue weighted by Gasteiger charge is 2.14. The Balaban J connectivity index is 2.22. The van der Waals surface area contributed by atoms with Crippen molar-refractivity contribution >= 4 is 0 Å². The number of rotatable bonds is 2. The Morgan fingerprint density at radius 1 is 1.42 bits per heavy atom. The molecular weight excluding hydrogens is 148 g/mol. The van der Waals surface area contributed by atoms with E-state index in [1.54, 1.807) is 0 Å². The van der Waals surface area contributed by atoms with Gasteiger partial charge in [-0.15, -0.1) is 0 Å². The van der Waals surface area contributed by atoms with Crippen molar-refractivity contribution in [1.82, 2.24) is 4.90 Å². The average molecular weight is 168 g/mol. The van der Waals surface area contributed by atoms with Gasteiger partial charge in [0.25, 0.3) is 0 Å². The minimum atomic E-state index is 0.452. The van der Waals surface area contributed by atoms with Crippen molar-refractivity contribution in [2.45, 2.75) is 32.7 Å². The molecule has 0 spiro atoms. The van der Waals surface area contributed by atoms with Crippen LogP contribution in [0, 0.1) is 0 Å². The number of nitrogens with zero attached hydrogens (tertiary/aromatic N) is 1. The Morgan fingerprint density at radius 2 is 2.00 bits per heavy atom. The van der Waals surface area contributed by atoms with Crippen LogP contribution in [-0.2, 0) is 0 Å². The molecule has 0 radical (unpaired) electrons. The first-order chi connectivity index (χ1) is 5.68. The number of hydrogen-bond donors (Lipinski definition) is 1. The molecule has 12 heavy (non-hydrogen) atoms. The zero-order chi connectivity index (χ0) is 8.97. The van der Waals surface area contributed by atoms with E-state index in [1.165, 1.54) is 18.7 Å². The van der Waals surface area contributed by atoms with E-state index in [1.807, 2.05) is 0 Å². The molecule has 0 aromatic rings. The summed E-state index contributed by atoms with van der Waals surface area (Å²) in [5, 5.41) is 0. The first kappa shape index (κ1) is 9.75. The fourth-order valence-corrected chi connectivity index (χ4v) is 1.45. The maximum absolute atomic E-state index is 5.81. The summed E-state index contributed by atoms with van der Waals surface area (Å²) >= 11 is 0. The number of likely N-dealkylation sites (tertiary alicyclic amines) is 1. The van der Waals surface area contributed by atoms with E-state index in [2.05, 4.69) is 24.8 Å². The third-order valence-electron chi connectivity index (χ3n) is 2.39. The van der Waals surface area contributed by atoms with Crippen LogP contribution < -0.4 is 5.73 Å². The van der Waals surface area contributed by atoms with Crippen molar-refractivity contribution in [3.8, 4) is 0 Å². The van der Waals surface area contributed by atoms with E-state index in [0.717, 1.165) is 19.4 Å². The molecule has 1 aliphatic rings. The average Bonchev–Trinajstić information content (AvgIpc) is 2.03. The van der Waals surface area contributed by atoms with Gasteiger partial charge in [0.2, 0.25) is 0 Å². The highest BCUT2D eigenvalue weighted by molar-refractivity contribution is 4.95. The topological polar surface area (TPSA) is 29.3 Å². The lowest BCUT2D eigenvalue weighted by Crippen LogP contribution is -2.39. The van der Waals surface area contributed by atoms with Crippen LogP contribution in [0.15, 0.2) is 11.6 Å². The Hall–Kier alpha value is -0.340. The molecule has 70 valence electrons. The second-order valence-corrected chi connectivity index (χ2v) is 3.92. The van der Waals surface area contributed by atoms with E-state index < -0.39 is 0 Å². The summed E-state index contributed by atoms with van der Waals surface area (Å²) < 4.78 is 0. The van der Waals surface area contributed by atoms with E-state index in [-0.39, 0.29) is 0 Å². The Labute approximate surface area is 75.4 Å². The SMILES string of the molecule is CC(C)=CCN1CCC(N)CC1. The van der Waals surface area contributed by atoms with Crippen LogP contribution >= 0.6 is 0 Å². The minimum absolute atomic E-state index is 0.452. The minimum Gasteiger partial charge on any atom is -0.328 e. The molecule has 2 N–H and O–H groups in total. The molecule has 0 aliphatic carbocycles. The molecule has 1 heterocycles.